The predicted molar refractivity (Wildman–Crippen MR) is 105 cm³/mol. The van der Waals surface area contributed by atoms with E-state index in [0.29, 0.717) is 30.2 Å². The molecule has 0 saturated carbocycles. The number of nitrogens with zero attached hydrogens (tertiary/aromatic N) is 3. The zero-order chi connectivity index (χ0) is 19.9. The number of carboxylic acids is 1. The van der Waals surface area contributed by atoms with Gasteiger partial charge in [-0.2, -0.15) is 0 Å². The summed E-state index contributed by atoms with van der Waals surface area (Å²) >= 11 is 0. The van der Waals surface area contributed by atoms with Gasteiger partial charge in [-0.05, 0) is 11.6 Å². The summed E-state index contributed by atoms with van der Waals surface area (Å²) in [5.74, 6) is -0.545. The Morgan fingerprint density at radius 1 is 1.04 bits per heavy atom. The average molecular weight is 379 g/mol. The highest BCUT2D eigenvalue weighted by Gasteiger charge is 2.16. The van der Waals surface area contributed by atoms with Gasteiger partial charge < -0.3 is 15.7 Å². The van der Waals surface area contributed by atoms with E-state index in [-0.39, 0.29) is 11.3 Å². The zero-order valence-corrected chi connectivity index (χ0v) is 14.7. The van der Waals surface area contributed by atoms with Crippen LogP contribution in [0.4, 0.5) is 17.2 Å². The quantitative estimate of drug-likeness (QED) is 0.309. The van der Waals surface area contributed by atoms with Crippen LogP contribution in [0.1, 0.15) is 10.4 Å². The van der Waals surface area contributed by atoms with E-state index in [0.717, 1.165) is 5.56 Å². The second kappa shape index (κ2) is 8.58. The topological polar surface area (TPSA) is 130 Å². The number of hydrogen-bond donors (Lipinski definition) is 3. The van der Waals surface area contributed by atoms with Crippen LogP contribution in [0.5, 0.6) is 0 Å². The standard InChI is InChI=1S/C19H17N5O4/c25-19(26)15-11-20-12-16(18(15)13-4-2-1-3-5-13)21-8-9-22-17-7-6-14(10-23-17)24(27)28/h1-7,10-12,21H,8-9H2,(H,22,23)(H,25,26). The van der Waals surface area contributed by atoms with Crippen LogP contribution in [0.15, 0.2) is 61.1 Å². The van der Waals surface area contributed by atoms with Crippen molar-refractivity contribution < 1.29 is 14.8 Å². The van der Waals surface area contributed by atoms with E-state index < -0.39 is 10.9 Å². The lowest BCUT2D eigenvalue weighted by atomic mass is 10.00. The van der Waals surface area contributed by atoms with Gasteiger partial charge in [-0.3, -0.25) is 15.1 Å². The average Bonchev–Trinajstić information content (AvgIpc) is 2.72. The number of carbonyl (C=O) groups is 1. The number of nitro groups is 1. The Morgan fingerprint density at radius 2 is 1.79 bits per heavy atom. The van der Waals surface area contributed by atoms with Crippen LogP contribution in [0.2, 0.25) is 0 Å². The first-order chi connectivity index (χ1) is 13.6. The summed E-state index contributed by atoms with van der Waals surface area (Å²) in [6.07, 6.45) is 4.09. The number of carboxylic acid groups (broad SMARTS) is 1. The molecule has 0 atom stereocenters. The highest BCUT2D eigenvalue weighted by atomic mass is 16.6. The minimum atomic E-state index is -1.05. The van der Waals surface area contributed by atoms with Crippen LogP contribution in [-0.2, 0) is 0 Å². The Morgan fingerprint density at radius 3 is 2.43 bits per heavy atom. The smallest absolute Gasteiger partial charge is 0.337 e. The Bertz CT molecular complexity index is 977. The van der Waals surface area contributed by atoms with Crippen LogP contribution in [-0.4, -0.2) is 39.1 Å². The van der Waals surface area contributed by atoms with Crippen molar-refractivity contribution >= 4 is 23.2 Å². The summed E-state index contributed by atoms with van der Waals surface area (Å²) in [4.78, 5) is 29.7. The maximum Gasteiger partial charge on any atom is 0.337 e. The number of rotatable bonds is 8. The fourth-order valence-electron chi connectivity index (χ4n) is 2.66. The lowest BCUT2D eigenvalue weighted by Gasteiger charge is -2.14. The molecule has 0 radical (unpaired) electrons. The Kier molecular flexibility index (Phi) is 5.75. The second-order valence-corrected chi connectivity index (χ2v) is 5.79. The highest BCUT2D eigenvalue weighted by Crippen LogP contribution is 2.30. The molecule has 0 fully saturated rings. The van der Waals surface area contributed by atoms with Gasteiger partial charge in [-0.1, -0.05) is 30.3 Å². The van der Waals surface area contributed by atoms with E-state index in [1.165, 1.54) is 24.5 Å². The van der Waals surface area contributed by atoms with E-state index >= 15 is 0 Å². The third-order valence-electron chi connectivity index (χ3n) is 3.94. The molecule has 0 bridgehead atoms. The normalized spacial score (nSPS) is 10.3. The number of aromatic nitrogens is 2. The molecule has 0 amide bonds. The molecule has 9 heteroatoms. The summed E-state index contributed by atoms with van der Waals surface area (Å²) in [6.45, 7) is 0.930. The van der Waals surface area contributed by atoms with Crippen molar-refractivity contribution in [2.75, 3.05) is 23.7 Å². The van der Waals surface area contributed by atoms with Crippen molar-refractivity contribution in [3.05, 3.63) is 76.7 Å². The molecular formula is C19H17N5O4. The van der Waals surface area contributed by atoms with Crippen LogP contribution >= 0.6 is 0 Å². The number of nitrogens with one attached hydrogen (secondary N) is 2. The third kappa shape index (κ3) is 4.39. The first-order valence-electron chi connectivity index (χ1n) is 8.41. The summed E-state index contributed by atoms with van der Waals surface area (Å²) in [5.41, 5.74) is 1.98. The Hall–Kier alpha value is -4.01. The van der Waals surface area contributed by atoms with Crippen LogP contribution < -0.4 is 10.6 Å². The second-order valence-electron chi connectivity index (χ2n) is 5.79. The number of anilines is 2. The molecule has 142 valence electrons. The van der Waals surface area contributed by atoms with Crippen LogP contribution in [0, 0.1) is 10.1 Å². The van der Waals surface area contributed by atoms with E-state index in [1.54, 1.807) is 6.20 Å². The molecular weight excluding hydrogens is 362 g/mol. The first-order valence-corrected chi connectivity index (χ1v) is 8.41. The van der Waals surface area contributed by atoms with Gasteiger partial charge in [-0.15, -0.1) is 0 Å². The molecule has 2 heterocycles. The maximum absolute atomic E-state index is 11.6. The van der Waals surface area contributed by atoms with Crippen molar-refractivity contribution in [3.8, 4) is 11.1 Å². The van der Waals surface area contributed by atoms with Crippen molar-refractivity contribution in [2.24, 2.45) is 0 Å². The van der Waals surface area contributed by atoms with Crippen molar-refractivity contribution in [3.63, 3.8) is 0 Å². The largest absolute Gasteiger partial charge is 0.478 e. The lowest BCUT2D eigenvalue weighted by molar-refractivity contribution is -0.385. The molecule has 2 aromatic heterocycles. The Balaban J connectivity index is 1.70. The molecule has 3 rings (SSSR count). The summed E-state index contributed by atoms with van der Waals surface area (Å²) in [5, 5.41) is 26.4. The van der Waals surface area contributed by atoms with Crippen LogP contribution in [0.3, 0.4) is 0 Å². The molecule has 3 N–H and O–H groups in total. The zero-order valence-electron chi connectivity index (χ0n) is 14.7. The van der Waals surface area contributed by atoms with Crippen molar-refractivity contribution in [1.82, 2.24) is 9.97 Å². The first kappa shape index (κ1) is 18.8. The van der Waals surface area contributed by atoms with Crippen molar-refractivity contribution in [1.29, 1.82) is 0 Å². The minimum absolute atomic E-state index is 0.0762. The van der Waals surface area contributed by atoms with E-state index in [2.05, 4.69) is 20.6 Å². The number of pyridine rings is 2. The highest BCUT2D eigenvalue weighted by molar-refractivity contribution is 5.99. The molecule has 0 saturated heterocycles. The van der Waals surface area contributed by atoms with Crippen LogP contribution in [0.25, 0.3) is 11.1 Å². The SMILES string of the molecule is O=C(O)c1cncc(NCCNc2ccc([N+](=O)[O-])cn2)c1-c1ccccc1. The van der Waals surface area contributed by atoms with Crippen molar-refractivity contribution in [2.45, 2.75) is 0 Å². The summed E-state index contributed by atoms with van der Waals surface area (Å²) < 4.78 is 0. The molecule has 0 aliphatic rings. The Labute approximate surface area is 160 Å². The molecule has 9 nitrogen and oxygen atoms in total. The van der Waals surface area contributed by atoms with Gasteiger partial charge in [-0.25, -0.2) is 9.78 Å². The van der Waals surface area contributed by atoms with E-state index in [9.17, 15) is 20.0 Å². The fourth-order valence-corrected chi connectivity index (χ4v) is 2.66. The molecule has 0 aliphatic carbocycles. The van der Waals surface area contributed by atoms with E-state index in [1.807, 2.05) is 30.3 Å². The van der Waals surface area contributed by atoms with Gasteiger partial charge in [0.1, 0.15) is 12.0 Å². The molecule has 0 aliphatic heterocycles. The van der Waals surface area contributed by atoms with Gasteiger partial charge in [0.25, 0.3) is 5.69 Å². The third-order valence-corrected chi connectivity index (χ3v) is 3.94. The maximum atomic E-state index is 11.6. The predicted octanol–water partition coefficient (Wildman–Crippen LogP) is 3.27. The number of benzene rings is 1. The monoisotopic (exact) mass is 379 g/mol. The number of aromatic carboxylic acids is 1. The van der Waals surface area contributed by atoms with E-state index in [4.69, 9.17) is 0 Å². The molecule has 1 aromatic carbocycles. The lowest BCUT2D eigenvalue weighted by Crippen LogP contribution is -2.15. The van der Waals surface area contributed by atoms with Gasteiger partial charge in [0, 0.05) is 30.9 Å². The summed E-state index contributed by atoms with van der Waals surface area (Å²) in [6, 6.07) is 12.1. The van der Waals surface area contributed by atoms with Gasteiger partial charge in [0.15, 0.2) is 0 Å². The van der Waals surface area contributed by atoms with Gasteiger partial charge >= 0.3 is 5.97 Å². The fraction of sp³-hybridized carbons (Fsp3) is 0.105. The molecule has 0 spiro atoms. The van der Waals surface area contributed by atoms with Gasteiger partial charge in [0.2, 0.25) is 0 Å². The van der Waals surface area contributed by atoms with Gasteiger partial charge in [0.05, 0.1) is 22.4 Å². The molecule has 28 heavy (non-hydrogen) atoms. The summed E-state index contributed by atoms with van der Waals surface area (Å²) in [7, 11) is 0. The molecule has 0 unspecified atom stereocenters. The number of hydrogen-bond acceptors (Lipinski definition) is 7. The molecule has 3 aromatic rings. The minimum Gasteiger partial charge on any atom is -0.478 e.